The minimum atomic E-state index is -0.424. The van der Waals surface area contributed by atoms with Crippen molar-refractivity contribution in [3.8, 4) is 11.5 Å². The fourth-order valence-electron chi connectivity index (χ4n) is 6.00. The van der Waals surface area contributed by atoms with Crippen molar-refractivity contribution in [3.05, 3.63) is 80.6 Å². The van der Waals surface area contributed by atoms with Gasteiger partial charge in [-0.2, -0.15) is 0 Å². The van der Waals surface area contributed by atoms with E-state index in [1.165, 1.54) is 0 Å². The molecule has 0 saturated carbocycles. The minimum Gasteiger partial charge on any atom is -0.493 e. The maximum atomic E-state index is 13.6. The molecule has 194 valence electrons. The lowest BCUT2D eigenvalue weighted by Crippen LogP contribution is -2.42. The van der Waals surface area contributed by atoms with E-state index in [4.69, 9.17) is 9.47 Å². The second-order valence-corrected chi connectivity index (χ2v) is 12.9. The molecule has 0 saturated heterocycles. The van der Waals surface area contributed by atoms with E-state index in [0.29, 0.717) is 30.9 Å². The van der Waals surface area contributed by atoms with E-state index >= 15 is 0 Å². The molecular formula is C31H34BrNO4. The van der Waals surface area contributed by atoms with Crippen LogP contribution in [-0.2, 0) is 16.2 Å². The van der Waals surface area contributed by atoms with E-state index in [9.17, 15) is 9.59 Å². The number of dihydropyridines is 1. The van der Waals surface area contributed by atoms with Gasteiger partial charge >= 0.3 is 0 Å². The summed E-state index contributed by atoms with van der Waals surface area (Å²) < 4.78 is 12.7. The Hall–Kier alpha value is -2.86. The van der Waals surface area contributed by atoms with Gasteiger partial charge in [-0.05, 0) is 62.9 Å². The summed E-state index contributed by atoms with van der Waals surface area (Å²) in [6.07, 6.45) is 2.46. The third kappa shape index (κ3) is 5.00. The third-order valence-corrected chi connectivity index (χ3v) is 8.12. The van der Waals surface area contributed by atoms with E-state index in [-0.39, 0.29) is 22.4 Å². The van der Waals surface area contributed by atoms with Gasteiger partial charge in [-0.1, -0.05) is 58.0 Å². The Kier molecular flexibility index (Phi) is 6.59. The Labute approximate surface area is 227 Å². The molecule has 0 fully saturated rings. The van der Waals surface area contributed by atoms with Gasteiger partial charge in [0.05, 0.1) is 11.6 Å². The lowest BCUT2D eigenvalue weighted by molar-refractivity contribution is -0.119. The Morgan fingerprint density at radius 1 is 0.892 bits per heavy atom. The molecule has 0 amide bonds. The maximum absolute atomic E-state index is 13.6. The third-order valence-electron chi connectivity index (χ3n) is 7.53. The van der Waals surface area contributed by atoms with Gasteiger partial charge in [-0.25, -0.2) is 0 Å². The minimum absolute atomic E-state index is 0.104. The van der Waals surface area contributed by atoms with Crippen molar-refractivity contribution in [1.29, 1.82) is 0 Å². The summed E-state index contributed by atoms with van der Waals surface area (Å²) in [6.45, 7) is 8.91. The first-order valence-corrected chi connectivity index (χ1v) is 13.6. The number of methoxy groups -OCH3 is 1. The Morgan fingerprint density at radius 3 is 2.00 bits per heavy atom. The summed E-state index contributed by atoms with van der Waals surface area (Å²) >= 11 is 3.70. The molecule has 6 heteroatoms. The summed E-state index contributed by atoms with van der Waals surface area (Å²) in [4.78, 5) is 27.2. The molecule has 1 N–H and O–H groups in total. The fourth-order valence-corrected chi connectivity index (χ4v) is 6.57. The number of hydrogen-bond acceptors (Lipinski definition) is 5. The van der Waals surface area contributed by atoms with Gasteiger partial charge in [0, 0.05) is 41.3 Å². The van der Waals surface area contributed by atoms with Crippen LogP contribution in [0.2, 0.25) is 0 Å². The Balaban J connectivity index is 1.61. The molecule has 0 spiro atoms. The zero-order valence-electron chi connectivity index (χ0n) is 22.2. The standard InChI is InChI=1S/C31H34BrNO4/c1-30(2)13-21-27(23(34)15-30)26(28-22(33-21)14-31(3,4)16-24(28)35)19-11-20(32)29(25(12-19)36-5)37-17-18-9-7-6-8-10-18/h6-12,26,33H,13-17H2,1-5H3. The van der Waals surface area contributed by atoms with E-state index in [1.807, 2.05) is 42.5 Å². The molecule has 1 heterocycles. The van der Waals surface area contributed by atoms with Crippen LogP contribution in [0.25, 0.3) is 0 Å². The van der Waals surface area contributed by atoms with Crippen LogP contribution in [-0.4, -0.2) is 18.7 Å². The molecule has 0 bridgehead atoms. The summed E-state index contributed by atoms with van der Waals surface area (Å²) in [5.41, 5.74) is 4.99. The highest BCUT2D eigenvalue weighted by atomic mass is 79.9. The van der Waals surface area contributed by atoms with Crippen molar-refractivity contribution >= 4 is 27.5 Å². The van der Waals surface area contributed by atoms with Crippen LogP contribution in [0.1, 0.15) is 70.4 Å². The number of carbonyl (C=O) groups is 2. The molecule has 5 nitrogen and oxygen atoms in total. The van der Waals surface area contributed by atoms with Crippen LogP contribution in [0.5, 0.6) is 11.5 Å². The lowest BCUT2D eigenvalue weighted by Gasteiger charge is -2.44. The number of Topliss-reactive ketones (excluding diaryl/α,β-unsaturated/α-hetero) is 2. The highest BCUT2D eigenvalue weighted by Crippen LogP contribution is 2.52. The fraction of sp³-hybridized carbons (Fsp3) is 0.419. The average Bonchev–Trinajstić information content (AvgIpc) is 2.80. The molecule has 37 heavy (non-hydrogen) atoms. The smallest absolute Gasteiger partial charge is 0.175 e. The summed E-state index contributed by atoms with van der Waals surface area (Å²) in [5, 5.41) is 3.57. The van der Waals surface area contributed by atoms with Crippen molar-refractivity contribution in [3.63, 3.8) is 0 Å². The van der Waals surface area contributed by atoms with Gasteiger partial charge in [0.1, 0.15) is 6.61 Å². The molecule has 2 aliphatic carbocycles. The van der Waals surface area contributed by atoms with Gasteiger partial charge in [0.15, 0.2) is 23.1 Å². The van der Waals surface area contributed by atoms with Crippen molar-refractivity contribution in [2.75, 3.05) is 7.11 Å². The quantitative estimate of drug-likeness (QED) is 0.423. The summed E-state index contributed by atoms with van der Waals surface area (Å²) in [6, 6.07) is 13.9. The molecule has 0 unspecified atom stereocenters. The van der Waals surface area contributed by atoms with Crippen molar-refractivity contribution < 1.29 is 19.1 Å². The first-order valence-electron chi connectivity index (χ1n) is 12.8. The van der Waals surface area contributed by atoms with E-state index in [0.717, 1.165) is 51.0 Å². The molecule has 0 aromatic heterocycles. The second kappa shape index (κ2) is 9.46. The Bertz CT molecular complexity index is 1280. The van der Waals surface area contributed by atoms with Crippen molar-refractivity contribution in [2.45, 2.75) is 65.9 Å². The number of ether oxygens (including phenoxy) is 2. The van der Waals surface area contributed by atoms with Crippen LogP contribution >= 0.6 is 15.9 Å². The highest BCUT2D eigenvalue weighted by molar-refractivity contribution is 9.10. The van der Waals surface area contributed by atoms with Gasteiger partial charge < -0.3 is 14.8 Å². The van der Waals surface area contributed by atoms with Crippen molar-refractivity contribution in [1.82, 2.24) is 5.32 Å². The number of hydrogen-bond donors (Lipinski definition) is 1. The topological polar surface area (TPSA) is 64.6 Å². The summed E-state index contributed by atoms with van der Waals surface area (Å²) in [7, 11) is 1.61. The van der Waals surface area contributed by atoms with Crippen LogP contribution < -0.4 is 14.8 Å². The number of benzene rings is 2. The first kappa shape index (κ1) is 25.8. The monoisotopic (exact) mass is 563 g/mol. The molecular weight excluding hydrogens is 530 g/mol. The average molecular weight is 565 g/mol. The van der Waals surface area contributed by atoms with Crippen LogP contribution in [0, 0.1) is 10.8 Å². The zero-order chi connectivity index (χ0) is 26.5. The first-order chi connectivity index (χ1) is 17.5. The normalized spacial score (nSPS) is 20.8. The summed E-state index contributed by atoms with van der Waals surface area (Å²) in [5.74, 6) is 0.946. The number of carbonyl (C=O) groups excluding carboxylic acids is 2. The van der Waals surface area contributed by atoms with Gasteiger partial charge in [-0.3, -0.25) is 9.59 Å². The number of rotatable bonds is 5. The molecule has 2 aromatic carbocycles. The molecule has 0 atom stereocenters. The predicted molar refractivity (Wildman–Crippen MR) is 147 cm³/mol. The molecule has 0 radical (unpaired) electrons. The predicted octanol–water partition coefficient (Wildman–Crippen LogP) is 7.01. The number of halogens is 1. The lowest BCUT2D eigenvalue weighted by atomic mass is 9.64. The van der Waals surface area contributed by atoms with Gasteiger partial charge in [0.2, 0.25) is 0 Å². The number of nitrogens with one attached hydrogen (secondary N) is 1. The van der Waals surface area contributed by atoms with Crippen molar-refractivity contribution in [2.24, 2.45) is 10.8 Å². The van der Waals surface area contributed by atoms with Gasteiger partial charge in [0.25, 0.3) is 0 Å². The van der Waals surface area contributed by atoms with E-state index in [1.54, 1.807) is 7.11 Å². The SMILES string of the molecule is COc1cc(C2C3=C(CC(C)(C)CC3=O)NC3=C2C(=O)CC(C)(C)C3)cc(Br)c1OCc1ccccc1. The van der Waals surface area contributed by atoms with Crippen LogP contribution in [0.15, 0.2) is 69.5 Å². The molecule has 1 aliphatic heterocycles. The maximum Gasteiger partial charge on any atom is 0.175 e. The molecule has 2 aromatic rings. The van der Waals surface area contributed by atoms with E-state index in [2.05, 4.69) is 48.9 Å². The highest BCUT2D eigenvalue weighted by Gasteiger charge is 2.46. The molecule has 3 aliphatic rings. The largest absolute Gasteiger partial charge is 0.493 e. The number of allylic oxidation sites excluding steroid dienone is 4. The number of ketones is 2. The second-order valence-electron chi connectivity index (χ2n) is 12.0. The zero-order valence-corrected chi connectivity index (χ0v) is 23.8. The van der Waals surface area contributed by atoms with Crippen LogP contribution in [0.4, 0.5) is 0 Å². The van der Waals surface area contributed by atoms with E-state index < -0.39 is 5.92 Å². The Morgan fingerprint density at radius 2 is 1.46 bits per heavy atom. The van der Waals surface area contributed by atoms with Crippen LogP contribution in [0.3, 0.4) is 0 Å². The molecule has 5 rings (SSSR count). The van der Waals surface area contributed by atoms with Gasteiger partial charge in [-0.15, -0.1) is 0 Å².